The average molecular weight is 462 g/mol. The largest absolute Gasteiger partial charge is 0.402 e. The Labute approximate surface area is 185 Å². The van der Waals surface area contributed by atoms with Crippen LogP contribution in [0.2, 0.25) is 0 Å². The first kappa shape index (κ1) is 21.4. The molecule has 5 nitrogen and oxygen atoms in total. The summed E-state index contributed by atoms with van der Waals surface area (Å²) in [6.07, 6.45) is 1.66. The highest BCUT2D eigenvalue weighted by atomic mass is 32.2. The lowest BCUT2D eigenvalue weighted by atomic mass is 9.79. The molecule has 0 radical (unpaired) electrons. The van der Waals surface area contributed by atoms with Crippen molar-refractivity contribution >= 4 is 10.2 Å². The molecule has 2 heterocycles. The first-order valence-corrected chi connectivity index (χ1v) is 12.0. The van der Waals surface area contributed by atoms with Crippen molar-refractivity contribution in [1.29, 1.82) is 0 Å². The summed E-state index contributed by atoms with van der Waals surface area (Å²) in [5.74, 6) is 6.15. The van der Waals surface area contributed by atoms with E-state index in [9.17, 15) is 21.6 Å². The Bertz CT molecular complexity index is 1200. The van der Waals surface area contributed by atoms with Crippen LogP contribution in [0.4, 0.5) is 13.2 Å². The molecule has 2 bridgehead atoms. The monoisotopic (exact) mass is 461 g/mol. The third-order valence-electron chi connectivity index (χ3n) is 6.92. The van der Waals surface area contributed by atoms with Crippen LogP contribution < -0.4 is 4.72 Å². The fourth-order valence-corrected chi connectivity index (χ4v) is 7.21. The van der Waals surface area contributed by atoms with Crippen LogP contribution in [0.3, 0.4) is 0 Å². The van der Waals surface area contributed by atoms with Crippen LogP contribution >= 0.6 is 0 Å². The van der Waals surface area contributed by atoms with E-state index in [1.165, 1.54) is 0 Å². The number of fused-ring (bicyclic) bond motifs is 1. The molecule has 3 aliphatic rings. The predicted molar refractivity (Wildman–Crippen MR) is 113 cm³/mol. The zero-order valence-corrected chi connectivity index (χ0v) is 18.0. The molecule has 1 aliphatic heterocycles. The summed E-state index contributed by atoms with van der Waals surface area (Å²) in [6, 6.07) is 9.70. The molecule has 2 aromatic rings. The maximum atomic E-state index is 13.0. The van der Waals surface area contributed by atoms with Gasteiger partial charge in [-0.3, -0.25) is 4.98 Å². The Hall–Kier alpha value is -2.41. The van der Waals surface area contributed by atoms with E-state index in [1.54, 1.807) is 12.4 Å². The number of halogens is 3. The lowest BCUT2D eigenvalue weighted by molar-refractivity contribution is -0.136. The van der Waals surface area contributed by atoms with E-state index in [0.29, 0.717) is 17.1 Å². The van der Waals surface area contributed by atoms with Crippen LogP contribution in [-0.2, 0) is 23.1 Å². The van der Waals surface area contributed by atoms with Gasteiger partial charge in [-0.1, -0.05) is 17.9 Å². The number of rotatable bonds is 1. The van der Waals surface area contributed by atoms with Gasteiger partial charge in [0.25, 0.3) is 10.2 Å². The summed E-state index contributed by atoms with van der Waals surface area (Å²) in [4.78, 5) is 4.05. The van der Waals surface area contributed by atoms with Crippen LogP contribution in [0, 0.1) is 23.7 Å². The highest BCUT2D eigenvalue weighted by Gasteiger charge is 2.60. The van der Waals surface area contributed by atoms with Crippen LogP contribution in [-0.4, -0.2) is 42.5 Å². The number of pyridine rings is 1. The molecule has 1 aromatic heterocycles. The molecule has 9 heteroatoms. The third-order valence-corrected chi connectivity index (χ3v) is 8.50. The van der Waals surface area contributed by atoms with E-state index in [4.69, 9.17) is 0 Å². The predicted octanol–water partition coefficient (Wildman–Crippen LogP) is 3.06. The number of nitrogens with zero attached hydrogens (tertiary/aromatic N) is 2. The van der Waals surface area contributed by atoms with E-state index in [2.05, 4.69) is 21.5 Å². The van der Waals surface area contributed by atoms with Gasteiger partial charge in [-0.15, -0.1) is 0 Å². The molecular weight excluding hydrogens is 439 g/mol. The Balaban J connectivity index is 1.43. The second kappa shape index (κ2) is 7.58. The van der Waals surface area contributed by atoms with E-state index < -0.39 is 28.5 Å². The molecule has 0 amide bonds. The summed E-state index contributed by atoms with van der Waals surface area (Å²) in [7, 11) is -4.17. The second-order valence-corrected chi connectivity index (χ2v) is 10.6. The van der Waals surface area contributed by atoms with Gasteiger partial charge in [0.2, 0.25) is 0 Å². The van der Waals surface area contributed by atoms with Gasteiger partial charge >= 0.3 is 6.18 Å². The minimum atomic E-state index is -4.57. The molecule has 2 aliphatic carbocycles. The Morgan fingerprint density at radius 1 is 1.09 bits per heavy atom. The minimum absolute atomic E-state index is 0.0333. The number of alkyl halides is 3. The molecule has 1 saturated heterocycles. The SMILES string of the molecule is O=S1(=O)N[C@]2(CN1CC(F)(F)F)[C@@H]1CC[C@H]2Cc2cc(C#Cc3cccnc3)ccc2C1. The van der Waals surface area contributed by atoms with Gasteiger partial charge in [0.05, 0.1) is 5.54 Å². The van der Waals surface area contributed by atoms with Crippen molar-refractivity contribution in [3.8, 4) is 11.8 Å². The highest BCUT2D eigenvalue weighted by molar-refractivity contribution is 7.87. The van der Waals surface area contributed by atoms with Gasteiger partial charge in [0.1, 0.15) is 6.54 Å². The number of hydrogen-bond donors (Lipinski definition) is 1. The van der Waals surface area contributed by atoms with Gasteiger partial charge < -0.3 is 0 Å². The first-order valence-electron chi connectivity index (χ1n) is 10.5. The van der Waals surface area contributed by atoms with Crippen molar-refractivity contribution < 1.29 is 21.6 Å². The summed E-state index contributed by atoms with van der Waals surface area (Å²) in [5, 5.41) is 0. The molecule has 3 atom stereocenters. The maximum Gasteiger partial charge on any atom is 0.402 e. The van der Waals surface area contributed by atoms with Crippen LogP contribution in [0.1, 0.15) is 35.1 Å². The number of hydrogen-bond acceptors (Lipinski definition) is 3. The van der Waals surface area contributed by atoms with Crippen LogP contribution in [0.25, 0.3) is 0 Å². The lowest BCUT2D eigenvalue weighted by Gasteiger charge is -2.33. The number of nitrogens with one attached hydrogen (secondary N) is 1. The molecule has 2 fully saturated rings. The highest BCUT2D eigenvalue weighted by Crippen LogP contribution is 2.50. The normalized spacial score (nSPS) is 28.7. The summed E-state index contributed by atoms with van der Waals surface area (Å²) in [6.45, 7) is -1.59. The van der Waals surface area contributed by atoms with Crippen molar-refractivity contribution in [2.75, 3.05) is 13.1 Å². The maximum absolute atomic E-state index is 13.0. The van der Waals surface area contributed by atoms with Gasteiger partial charge in [-0.2, -0.15) is 30.6 Å². The fourth-order valence-electron chi connectivity index (χ4n) is 5.50. The van der Waals surface area contributed by atoms with Crippen LogP contribution in [0.15, 0.2) is 42.7 Å². The van der Waals surface area contributed by atoms with E-state index in [1.807, 2.05) is 30.3 Å². The summed E-state index contributed by atoms with van der Waals surface area (Å²) in [5.41, 5.74) is 3.03. The third kappa shape index (κ3) is 3.91. The average Bonchev–Trinajstić information content (AvgIpc) is 3.11. The second-order valence-electron chi connectivity index (χ2n) is 8.89. The number of aromatic nitrogens is 1. The molecule has 168 valence electrons. The quantitative estimate of drug-likeness (QED) is 0.664. The smallest absolute Gasteiger partial charge is 0.263 e. The first-order chi connectivity index (χ1) is 15.1. The van der Waals surface area contributed by atoms with Crippen molar-refractivity contribution in [1.82, 2.24) is 14.0 Å². The molecule has 1 N–H and O–H groups in total. The molecule has 1 spiro atoms. The Kier molecular flexibility index (Phi) is 5.08. The van der Waals surface area contributed by atoms with Crippen molar-refractivity contribution in [3.63, 3.8) is 0 Å². The van der Waals surface area contributed by atoms with E-state index in [-0.39, 0.29) is 18.4 Å². The molecule has 1 saturated carbocycles. The minimum Gasteiger partial charge on any atom is -0.263 e. The topological polar surface area (TPSA) is 62.3 Å². The zero-order chi connectivity index (χ0) is 22.6. The standard InChI is InChI=1S/C23H22F3N3O2S/c24-23(25,26)15-29-14-22(28-32(29,30)31)20-7-8-21(22)12-19-10-16(5-6-18(19)11-20)3-4-17-2-1-9-27-13-17/h1-2,5-6,9-10,13,20-21,28H,7-8,11-12,14-15H2/t20-,21+,22-/m1/s1. The van der Waals surface area contributed by atoms with Crippen LogP contribution in [0.5, 0.6) is 0 Å². The van der Waals surface area contributed by atoms with Crippen molar-refractivity contribution in [3.05, 3.63) is 65.0 Å². The summed E-state index contributed by atoms with van der Waals surface area (Å²) < 4.78 is 67.4. The summed E-state index contributed by atoms with van der Waals surface area (Å²) >= 11 is 0. The Morgan fingerprint density at radius 3 is 2.50 bits per heavy atom. The van der Waals surface area contributed by atoms with Crippen molar-refractivity contribution in [2.45, 2.75) is 37.4 Å². The van der Waals surface area contributed by atoms with Crippen molar-refractivity contribution in [2.24, 2.45) is 11.8 Å². The lowest BCUT2D eigenvalue weighted by Crippen LogP contribution is -2.52. The molecule has 32 heavy (non-hydrogen) atoms. The van der Waals surface area contributed by atoms with Gasteiger partial charge in [0, 0.05) is 30.1 Å². The molecule has 0 unspecified atom stereocenters. The van der Waals surface area contributed by atoms with Gasteiger partial charge in [-0.05, 0) is 72.9 Å². The molecule has 1 aromatic carbocycles. The fraction of sp³-hybridized carbons (Fsp3) is 0.435. The van der Waals surface area contributed by atoms with Gasteiger partial charge in [0.15, 0.2) is 0 Å². The molecular formula is C23H22F3N3O2S. The van der Waals surface area contributed by atoms with E-state index >= 15 is 0 Å². The Morgan fingerprint density at radius 2 is 1.81 bits per heavy atom. The number of benzene rings is 1. The van der Waals surface area contributed by atoms with E-state index in [0.717, 1.165) is 35.1 Å². The zero-order valence-electron chi connectivity index (χ0n) is 17.2. The molecule has 5 rings (SSSR count). The van der Waals surface area contributed by atoms with Gasteiger partial charge in [-0.25, -0.2) is 0 Å².